The van der Waals surface area contributed by atoms with E-state index in [1.165, 1.54) is 6.92 Å². The van der Waals surface area contributed by atoms with Crippen molar-refractivity contribution in [3.63, 3.8) is 0 Å². The second kappa shape index (κ2) is 9.75. The quantitative estimate of drug-likeness (QED) is 0.510. The number of amides is 2. The summed E-state index contributed by atoms with van der Waals surface area (Å²) in [5.41, 5.74) is 4.16. The third kappa shape index (κ3) is 6.36. The summed E-state index contributed by atoms with van der Waals surface area (Å²) in [6.07, 6.45) is 0.228. The van der Waals surface area contributed by atoms with E-state index in [9.17, 15) is 9.59 Å². The third-order valence-corrected chi connectivity index (χ3v) is 4.53. The molecule has 3 N–H and O–H groups in total. The number of rotatable bonds is 7. The minimum Gasteiger partial charge on any atom is -0.380 e. The fourth-order valence-corrected chi connectivity index (χ4v) is 3.08. The van der Waals surface area contributed by atoms with Gasteiger partial charge in [-0.25, -0.2) is 0 Å². The van der Waals surface area contributed by atoms with Crippen LogP contribution in [0.2, 0.25) is 5.02 Å². The third-order valence-electron chi connectivity index (χ3n) is 4.22. The Morgan fingerprint density at radius 3 is 2.17 bits per heavy atom. The molecular weight excluding hydrogens is 386 g/mol. The summed E-state index contributed by atoms with van der Waals surface area (Å²) in [6, 6.07) is 22.6. The lowest BCUT2D eigenvalue weighted by atomic mass is 10.1. The summed E-state index contributed by atoms with van der Waals surface area (Å²) in [4.78, 5) is 23.4. The minimum atomic E-state index is -0.140. The molecule has 5 nitrogen and oxygen atoms in total. The summed E-state index contributed by atoms with van der Waals surface area (Å²) in [5, 5.41) is 9.39. The maximum atomic E-state index is 12.3. The molecular formula is C23H22ClN3O2. The van der Waals surface area contributed by atoms with Crippen molar-refractivity contribution in [2.45, 2.75) is 19.9 Å². The van der Waals surface area contributed by atoms with Gasteiger partial charge in [0.2, 0.25) is 11.8 Å². The first-order chi connectivity index (χ1) is 14.0. The Kier molecular flexibility index (Phi) is 6.87. The fraction of sp³-hybridized carbons (Fsp3) is 0.130. The molecule has 3 aromatic carbocycles. The van der Waals surface area contributed by atoms with Gasteiger partial charge in [0.05, 0.1) is 17.1 Å². The van der Waals surface area contributed by atoms with E-state index in [2.05, 4.69) is 16.0 Å². The van der Waals surface area contributed by atoms with Gasteiger partial charge in [0.1, 0.15) is 0 Å². The zero-order chi connectivity index (χ0) is 20.6. The van der Waals surface area contributed by atoms with Gasteiger partial charge in [-0.3, -0.25) is 9.59 Å². The highest BCUT2D eigenvalue weighted by molar-refractivity contribution is 6.33. The van der Waals surface area contributed by atoms with Crippen molar-refractivity contribution in [3.05, 3.63) is 88.9 Å². The average molecular weight is 408 g/mol. The predicted molar refractivity (Wildman–Crippen MR) is 118 cm³/mol. The molecule has 0 radical (unpaired) electrons. The average Bonchev–Trinajstić information content (AvgIpc) is 2.69. The molecule has 0 saturated carbocycles. The second-order valence-corrected chi connectivity index (χ2v) is 7.04. The highest BCUT2D eigenvalue weighted by Crippen LogP contribution is 2.26. The van der Waals surface area contributed by atoms with Crippen LogP contribution in [0.1, 0.15) is 18.1 Å². The molecule has 0 unspecified atom stereocenters. The Labute approximate surface area is 175 Å². The molecule has 29 heavy (non-hydrogen) atoms. The van der Waals surface area contributed by atoms with Crippen molar-refractivity contribution in [2.75, 3.05) is 16.0 Å². The second-order valence-electron chi connectivity index (χ2n) is 6.64. The standard InChI is InChI=1S/C23H22ClN3O2/c1-16(28)26-19-9-7-17(8-10-19)13-23(29)27-20-11-12-22(21(24)14-20)25-15-18-5-3-2-4-6-18/h2-12,14,25H,13,15H2,1H3,(H,26,28)(H,27,29). The normalized spacial score (nSPS) is 10.3. The van der Waals surface area contributed by atoms with Gasteiger partial charge in [-0.2, -0.15) is 0 Å². The molecule has 3 rings (SSSR count). The van der Waals surface area contributed by atoms with E-state index < -0.39 is 0 Å². The summed E-state index contributed by atoms with van der Waals surface area (Å²) >= 11 is 6.35. The molecule has 0 atom stereocenters. The van der Waals surface area contributed by atoms with Crippen LogP contribution >= 0.6 is 11.6 Å². The molecule has 3 aromatic rings. The van der Waals surface area contributed by atoms with Crippen molar-refractivity contribution in [1.29, 1.82) is 0 Å². The van der Waals surface area contributed by atoms with Gasteiger partial charge in [0.25, 0.3) is 0 Å². The monoisotopic (exact) mass is 407 g/mol. The first kappa shape index (κ1) is 20.4. The molecule has 0 bridgehead atoms. The van der Waals surface area contributed by atoms with Crippen LogP contribution in [0.3, 0.4) is 0 Å². The van der Waals surface area contributed by atoms with E-state index in [0.717, 1.165) is 16.8 Å². The number of carbonyl (C=O) groups excluding carboxylic acids is 2. The number of halogens is 1. The highest BCUT2D eigenvalue weighted by atomic mass is 35.5. The predicted octanol–water partition coefficient (Wildman–Crippen LogP) is 5.09. The lowest BCUT2D eigenvalue weighted by molar-refractivity contribution is -0.116. The smallest absolute Gasteiger partial charge is 0.228 e. The van der Waals surface area contributed by atoms with Gasteiger partial charge in [0.15, 0.2) is 0 Å². The zero-order valence-corrected chi connectivity index (χ0v) is 16.8. The molecule has 0 saturated heterocycles. The summed E-state index contributed by atoms with van der Waals surface area (Å²) in [5.74, 6) is -0.271. The van der Waals surface area contributed by atoms with Crippen molar-refractivity contribution in [1.82, 2.24) is 0 Å². The zero-order valence-electron chi connectivity index (χ0n) is 16.0. The molecule has 0 aliphatic carbocycles. The van der Waals surface area contributed by atoms with E-state index in [1.54, 1.807) is 18.2 Å². The molecule has 0 aliphatic rings. The van der Waals surface area contributed by atoms with Crippen molar-refractivity contribution in [2.24, 2.45) is 0 Å². The van der Waals surface area contributed by atoms with E-state index in [1.807, 2.05) is 54.6 Å². The first-order valence-corrected chi connectivity index (χ1v) is 9.61. The molecule has 2 amide bonds. The van der Waals surface area contributed by atoms with Gasteiger partial charge in [0, 0.05) is 24.8 Å². The number of hydrogen-bond donors (Lipinski definition) is 3. The Morgan fingerprint density at radius 1 is 0.828 bits per heavy atom. The Bertz CT molecular complexity index is 989. The fourth-order valence-electron chi connectivity index (χ4n) is 2.83. The SMILES string of the molecule is CC(=O)Nc1ccc(CC(=O)Nc2ccc(NCc3ccccc3)c(Cl)c2)cc1. The largest absolute Gasteiger partial charge is 0.380 e. The lowest BCUT2D eigenvalue weighted by Gasteiger charge is -2.11. The van der Waals surface area contributed by atoms with E-state index in [-0.39, 0.29) is 18.2 Å². The molecule has 148 valence electrons. The highest BCUT2D eigenvalue weighted by Gasteiger charge is 2.07. The van der Waals surface area contributed by atoms with Gasteiger partial charge in [-0.1, -0.05) is 54.1 Å². The molecule has 0 fully saturated rings. The van der Waals surface area contributed by atoms with Gasteiger partial charge >= 0.3 is 0 Å². The lowest BCUT2D eigenvalue weighted by Crippen LogP contribution is -2.14. The van der Waals surface area contributed by atoms with Crippen LogP contribution < -0.4 is 16.0 Å². The number of carbonyl (C=O) groups is 2. The maximum Gasteiger partial charge on any atom is 0.228 e. The van der Waals surface area contributed by atoms with Crippen molar-refractivity contribution in [3.8, 4) is 0 Å². The summed E-state index contributed by atoms with van der Waals surface area (Å²) in [7, 11) is 0. The van der Waals surface area contributed by atoms with Crippen LogP contribution in [0, 0.1) is 0 Å². The van der Waals surface area contributed by atoms with Crippen molar-refractivity contribution < 1.29 is 9.59 Å². The van der Waals surface area contributed by atoms with Crippen LogP contribution in [0.5, 0.6) is 0 Å². The molecule has 6 heteroatoms. The number of anilines is 3. The first-order valence-electron chi connectivity index (χ1n) is 9.23. The Morgan fingerprint density at radius 2 is 1.52 bits per heavy atom. The van der Waals surface area contributed by atoms with E-state index >= 15 is 0 Å². The molecule has 0 heterocycles. The maximum absolute atomic E-state index is 12.3. The number of benzene rings is 3. The van der Waals surface area contributed by atoms with Crippen LogP contribution in [-0.4, -0.2) is 11.8 Å². The number of hydrogen-bond acceptors (Lipinski definition) is 3. The summed E-state index contributed by atoms with van der Waals surface area (Å²) < 4.78 is 0. The minimum absolute atomic E-state index is 0.130. The van der Waals surface area contributed by atoms with Gasteiger partial charge in [-0.05, 0) is 41.5 Å². The number of nitrogens with one attached hydrogen (secondary N) is 3. The van der Waals surface area contributed by atoms with E-state index in [0.29, 0.717) is 22.9 Å². The van der Waals surface area contributed by atoms with Crippen LogP contribution in [0.4, 0.5) is 17.1 Å². The van der Waals surface area contributed by atoms with Crippen LogP contribution in [0.25, 0.3) is 0 Å². The molecule has 0 aliphatic heterocycles. The van der Waals surface area contributed by atoms with Crippen molar-refractivity contribution >= 4 is 40.5 Å². The Hall–Kier alpha value is -3.31. The van der Waals surface area contributed by atoms with Gasteiger partial charge < -0.3 is 16.0 Å². The van der Waals surface area contributed by atoms with Gasteiger partial charge in [-0.15, -0.1) is 0 Å². The van der Waals surface area contributed by atoms with E-state index in [4.69, 9.17) is 11.6 Å². The molecule has 0 spiro atoms. The van der Waals surface area contributed by atoms with Crippen LogP contribution in [0.15, 0.2) is 72.8 Å². The Balaban J connectivity index is 1.55. The topological polar surface area (TPSA) is 70.2 Å². The summed E-state index contributed by atoms with van der Waals surface area (Å²) in [6.45, 7) is 2.12. The van der Waals surface area contributed by atoms with Crippen LogP contribution in [-0.2, 0) is 22.6 Å². The molecule has 0 aromatic heterocycles.